The Morgan fingerprint density at radius 1 is 0.875 bits per heavy atom. The van der Waals surface area contributed by atoms with Gasteiger partial charge in [0, 0.05) is 5.56 Å². The number of nitrogens with zero attached hydrogens (tertiary/aromatic N) is 1. The Kier molecular flexibility index (Phi) is 10.8. The van der Waals surface area contributed by atoms with E-state index in [1.165, 1.54) is 66.9 Å². The van der Waals surface area contributed by atoms with Crippen molar-refractivity contribution in [1.82, 2.24) is 4.83 Å². The third kappa shape index (κ3) is 9.19. The van der Waals surface area contributed by atoms with Gasteiger partial charge < -0.3 is 9.68 Å². The first-order chi connectivity index (χ1) is 19.1. The molecule has 4 aromatic rings. The van der Waals surface area contributed by atoms with Crippen LogP contribution in [0.5, 0.6) is 0 Å². The van der Waals surface area contributed by atoms with Crippen molar-refractivity contribution in [2.24, 2.45) is 5.10 Å². The Morgan fingerprint density at radius 3 is 2.08 bits per heavy atom. The van der Waals surface area contributed by atoms with Crippen LogP contribution >= 0.6 is 0 Å². The summed E-state index contributed by atoms with van der Waals surface area (Å²) in [6, 6.07) is 21.9. The van der Waals surface area contributed by atoms with Crippen LogP contribution in [-0.2, 0) is 21.3 Å². The second-order valence-electron chi connectivity index (χ2n) is 8.40. The molecule has 0 aromatic heterocycles. The molecule has 0 amide bonds. The van der Waals surface area contributed by atoms with Crippen LogP contribution in [-0.4, -0.2) is 33.1 Å². The van der Waals surface area contributed by atoms with Gasteiger partial charge in [-0.05, 0) is 72.0 Å². The van der Waals surface area contributed by atoms with E-state index in [9.17, 15) is 26.4 Å². The molecule has 0 fully saturated rings. The number of nitrogens with one attached hydrogen (secondary N) is 1. The van der Waals surface area contributed by atoms with Gasteiger partial charge in [0.05, 0.1) is 17.7 Å². The number of aldehydes is 1. The summed E-state index contributed by atoms with van der Waals surface area (Å²) in [7, 11) is -4.57. The van der Waals surface area contributed by atoms with Gasteiger partial charge in [0.1, 0.15) is 23.7 Å². The highest BCUT2D eigenvalue weighted by atomic mass is 32.2. The van der Waals surface area contributed by atoms with Gasteiger partial charge in [-0.3, -0.25) is 4.79 Å². The van der Waals surface area contributed by atoms with Gasteiger partial charge in [0.15, 0.2) is 0 Å². The fourth-order valence-corrected chi connectivity index (χ4v) is 4.10. The topological polar surface area (TPSA) is 105 Å². The smallest absolute Gasteiger partial charge is 0.423 e. The van der Waals surface area contributed by atoms with Crippen LogP contribution in [0.4, 0.5) is 13.2 Å². The number of hydrogen-bond acceptors (Lipinski definition) is 6. The lowest BCUT2D eigenvalue weighted by molar-refractivity contribution is 0.112. The van der Waals surface area contributed by atoms with E-state index in [0.29, 0.717) is 29.5 Å². The van der Waals surface area contributed by atoms with Crippen molar-refractivity contribution in [1.29, 1.82) is 0 Å². The summed E-state index contributed by atoms with van der Waals surface area (Å²) >= 11 is 0. The van der Waals surface area contributed by atoms with E-state index >= 15 is 0 Å². The minimum Gasteiger partial charge on any atom is -0.423 e. The van der Waals surface area contributed by atoms with E-state index in [2.05, 4.69) is 9.93 Å². The molecular formula is C28H24BF3N2O5S. The van der Waals surface area contributed by atoms with E-state index in [-0.39, 0.29) is 16.5 Å². The first kappa shape index (κ1) is 30.3. The average Bonchev–Trinajstić information content (AvgIpc) is 3.29. The molecule has 5 rings (SSSR count). The van der Waals surface area contributed by atoms with E-state index in [1.807, 2.05) is 6.92 Å². The summed E-state index contributed by atoms with van der Waals surface area (Å²) in [6.07, 6.45) is 1.86. The van der Waals surface area contributed by atoms with Gasteiger partial charge in [-0.1, -0.05) is 48.0 Å². The van der Waals surface area contributed by atoms with E-state index in [4.69, 9.17) is 9.68 Å². The van der Waals surface area contributed by atoms with Crippen LogP contribution in [0.25, 0.3) is 0 Å². The van der Waals surface area contributed by atoms with Crippen LogP contribution in [0, 0.1) is 24.4 Å². The van der Waals surface area contributed by atoms with Crippen molar-refractivity contribution in [2.45, 2.75) is 18.4 Å². The molecule has 0 atom stereocenters. The number of fused-ring (bicyclic) bond motifs is 1. The summed E-state index contributed by atoms with van der Waals surface area (Å²) in [6.45, 7) is 2.17. The molecule has 1 aliphatic rings. The van der Waals surface area contributed by atoms with Crippen LogP contribution < -0.4 is 10.3 Å². The number of hydrogen-bond donors (Lipinski definition) is 2. The fourth-order valence-electron chi connectivity index (χ4n) is 3.31. The summed E-state index contributed by atoms with van der Waals surface area (Å²) in [5.41, 5.74) is 3.21. The number of aryl methyl sites for hydroxylation is 1. The number of hydrazone groups is 1. The normalized spacial score (nSPS) is 12.1. The van der Waals surface area contributed by atoms with E-state index < -0.39 is 23.0 Å². The predicted octanol–water partition coefficient (Wildman–Crippen LogP) is 4.13. The standard InChI is InChI=1S/C14H13FN2O2S.C7H6BFO2.C7H5FO/c1-11-5-7-14(8-6-11)20(18,19)17-16-10-12-3-2-4-13(15)9-12;9-6-1-2-7-5(3-6)4-11-8(7)10;8-7-3-1-2-6(4-7)5-9/h2-10,17H,1H3;1-3,10H,4H2;1-5H/b16-10+;;. The Morgan fingerprint density at radius 2 is 1.48 bits per heavy atom. The molecule has 206 valence electrons. The molecule has 0 radical (unpaired) electrons. The lowest BCUT2D eigenvalue weighted by Crippen LogP contribution is -2.27. The van der Waals surface area contributed by atoms with E-state index in [0.717, 1.165) is 11.1 Å². The lowest BCUT2D eigenvalue weighted by Gasteiger charge is -2.03. The quantitative estimate of drug-likeness (QED) is 0.163. The molecule has 12 heteroatoms. The van der Waals surface area contributed by atoms with Crippen molar-refractivity contribution >= 4 is 35.1 Å². The molecule has 4 aromatic carbocycles. The highest BCUT2D eigenvalue weighted by Crippen LogP contribution is 2.11. The van der Waals surface area contributed by atoms with Gasteiger partial charge in [0.25, 0.3) is 10.0 Å². The summed E-state index contributed by atoms with van der Waals surface area (Å²) in [5.74, 6) is -1.07. The third-order valence-corrected chi connectivity index (χ3v) is 6.56. The van der Waals surface area contributed by atoms with Crippen molar-refractivity contribution in [3.05, 3.63) is 131 Å². The van der Waals surface area contributed by atoms with Gasteiger partial charge in [-0.25, -0.2) is 18.0 Å². The summed E-state index contributed by atoms with van der Waals surface area (Å²) in [5, 5.41) is 12.8. The van der Waals surface area contributed by atoms with Gasteiger partial charge in [-0.15, -0.1) is 0 Å². The molecule has 0 spiro atoms. The molecule has 1 heterocycles. The van der Waals surface area contributed by atoms with Crippen LogP contribution in [0.15, 0.2) is 101 Å². The zero-order valence-corrected chi connectivity index (χ0v) is 22.0. The second-order valence-corrected chi connectivity index (χ2v) is 10.1. The van der Waals surface area contributed by atoms with Crippen LogP contribution in [0.1, 0.15) is 27.0 Å². The molecule has 0 saturated heterocycles. The SMILES string of the molecule is Cc1ccc(S(=O)(=O)N/N=C/c2cccc(F)c2)cc1.O=Cc1cccc(F)c1.OB1OCc2cc(F)ccc21. The molecule has 0 saturated carbocycles. The molecule has 0 unspecified atom stereocenters. The Bertz CT molecular complexity index is 1590. The lowest BCUT2D eigenvalue weighted by atomic mass is 9.80. The van der Waals surface area contributed by atoms with E-state index in [1.54, 1.807) is 30.3 Å². The maximum absolute atomic E-state index is 12.9. The monoisotopic (exact) mass is 568 g/mol. The number of carbonyl (C=O) groups excluding carboxylic acids is 1. The van der Waals surface area contributed by atoms with Crippen molar-refractivity contribution in [3.63, 3.8) is 0 Å². The molecule has 0 aliphatic carbocycles. The molecular weight excluding hydrogens is 544 g/mol. The number of carbonyl (C=O) groups is 1. The number of benzene rings is 4. The maximum Gasteiger partial charge on any atom is 0.491 e. The highest BCUT2D eigenvalue weighted by molar-refractivity contribution is 7.89. The number of sulfonamides is 1. The van der Waals surface area contributed by atoms with Gasteiger partial charge >= 0.3 is 7.12 Å². The second kappa shape index (κ2) is 14.2. The molecule has 2 N–H and O–H groups in total. The fraction of sp³-hybridized carbons (Fsp3) is 0.0714. The van der Waals surface area contributed by atoms with Gasteiger partial charge in [0.2, 0.25) is 0 Å². The third-order valence-electron chi connectivity index (χ3n) is 5.32. The zero-order chi connectivity index (χ0) is 29.1. The number of rotatable bonds is 5. The summed E-state index contributed by atoms with van der Waals surface area (Å²) < 4.78 is 66.3. The van der Waals surface area contributed by atoms with Crippen molar-refractivity contribution in [2.75, 3.05) is 0 Å². The molecule has 7 nitrogen and oxygen atoms in total. The minimum atomic E-state index is -3.70. The van der Waals surface area contributed by atoms with Crippen LogP contribution in [0.2, 0.25) is 0 Å². The molecule has 40 heavy (non-hydrogen) atoms. The molecule has 0 bridgehead atoms. The van der Waals surface area contributed by atoms with Crippen molar-refractivity contribution < 1.29 is 36.1 Å². The largest absolute Gasteiger partial charge is 0.491 e. The maximum atomic E-state index is 12.9. The minimum absolute atomic E-state index is 0.125. The zero-order valence-electron chi connectivity index (χ0n) is 21.2. The summed E-state index contributed by atoms with van der Waals surface area (Å²) in [4.78, 5) is 12.2. The average molecular weight is 568 g/mol. The Balaban J connectivity index is 0.000000184. The first-order valence-electron chi connectivity index (χ1n) is 11.7. The van der Waals surface area contributed by atoms with Gasteiger partial charge in [-0.2, -0.15) is 13.5 Å². The predicted molar refractivity (Wildman–Crippen MR) is 146 cm³/mol. The van der Waals surface area contributed by atoms with Crippen molar-refractivity contribution in [3.8, 4) is 0 Å². The van der Waals surface area contributed by atoms with Crippen LogP contribution in [0.3, 0.4) is 0 Å². The Hall–Kier alpha value is -4.26. The number of halogens is 3. The highest BCUT2D eigenvalue weighted by Gasteiger charge is 2.26. The first-order valence-corrected chi connectivity index (χ1v) is 13.2. The Labute approximate surface area is 230 Å². The molecule has 1 aliphatic heterocycles.